The number of benzene rings is 1. The lowest BCUT2D eigenvalue weighted by Crippen LogP contribution is -2.28. The summed E-state index contributed by atoms with van der Waals surface area (Å²) in [5.74, 6) is 0. The summed E-state index contributed by atoms with van der Waals surface area (Å²) in [5, 5.41) is 5.21. The quantitative estimate of drug-likeness (QED) is 0.750. The lowest BCUT2D eigenvalue weighted by molar-refractivity contribution is 0.205. The first-order chi connectivity index (χ1) is 8.81. The van der Waals surface area contributed by atoms with Crippen LogP contribution >= 0.6 is 0 Å². The predicted molar refractivity (Wildman–Crippen MR) is 76.7 cm³/mol. The van der Waals surface area contributed by atoms with Crippen molar-refractivity contribution in [2.75, 3.05) is 37.4 Å². The molecule has 0 aliphatic heterocycles. The molecule has 1 aromatic rings. The maximum Gasteiger partial charge on any atom is 0.238 e. The minimum absolute atomic E-state index is 0.0679. The second-order valence-corrected chi connectivity index (χ2v) is 5.81. The lowest BCUT2D eigenvalue weighted by atomic mass is 10.1. The predicted octanol–water partition coefficient (Wildman–Crippen LogP) is 0.697. The molecule has 0 spiro atoms. The fourth-order valence-electron chi connectivity index (χ4n) is 1.97. The molecule has 0 saturated heterocycles. The number of hydrogen-bond acceptors (Lipinski definition) is 5. The first kappa shape index (κ1) is 15.7. The summed E-state index contributed by atoms with van der Waals surface area (Å²) >= 11 is 0. The summed E-state index contributed by atoms with van der Waals surface area (Å²) in [5.41, 5.74) is 7.52. The summed E-state index contributed by atoms with van der Waals surface area (Å²) in [6.07, 6.45) is 0. The molecular weight excluding hydrogens is 266 g/mol. The molecule has 0 radical (unpaired) electrons. The van der Waals surface area contributed by atoms with Gasteiger partial charge in [-0.25, -0.2) is 13.6 Å². The SMILES string of the molecule is CCN(CCOC)c1cc(N)cc(S(N)(=O)=O)c1C. The molecule has 7 heteroatoms. The maximum atomic E-state index is 11.6. The van der Waals surface area contributed by atoms with Crippen molar-refractivity contribution < 1.29 is 13.2 Å². The number of nitrogens with two attached hydrogens (primary N) is 2. The Hall–Kier alpha value is -1.31. The van der Waals surface area contributed by atoms with Gasteiger partial charge in [-0.05, 0) is 31.5 Å². The van der Waals surface area contributed by atoms with Crippen LogP contribution in [0.3, 0.4) is 0 Å². The summed E-state index contributed by atoms with van der Waals surface area (Å²) in [4.78, 5) is 2.07. The smallest absolute Gasteiger partial charge is 0.238 e. The molecule has 0 amide bonds. The van der Waals surface area contributed by atoms with Crippen LogP contribution in [0, 0.1) is 6.92 Å². The van der Waals surface area contributed by atoms with Crippen molar-refractivity contribution in [3.05, 3.63) is 17.7 Å². The summed E-state index contributed by atoms with van der Waals surface area (Å²) < 4.78 is 28.2. The Labute approximate surface area is 114 Å². The third-order valence-electron chi connectivity index (χ3n) is 2.95. The van der Waals surface area contributed by atoms with Crippen molar-refractivity contribution in [3.63, 3.8) is 0 Å². The molecule has 0 atom stereocenters. The van der Waals surface area contributed by atoms with Crippen molar-refractivity contribution in [1.82, 2.24) is 0 Å². The van der Waals surface area contributed by atoms with Crippen LogP contribution < -0.4 is 15.8 Å². The van der Waals surface area contributed by atoms with Gasteiger partial charge in [0.1, 0.15) is 0 Å². The molecule has 6 nitrogen and oxygen atoms in total. The molecule has 0 unspecified atom stereocenters. The van der Waals surface area contributed by atoms with Crippen LogP contribution in [-0.4, -0.2) is 35.2 Å². The molecule has 0 aliphatic carbocycles. The number of rotatable bonds is 6. The van der Waals surface area contributed by atoms with Gasteiger partial charge in [0.25, 0.3) is 0 Å². The Morgan fingerprint density at radius 2 is 2.00 bits per heavy atom. The van der Waals surface area contributed by atoms with Gasteiger partial charge in [0.2, 0.25) is 10.0 Å². The van der Waals surface area contributed by atoms with Gasteiger partial charge in [-0.1, -0.05) is 0 Å². The summed E-state index contributed by atoms with van der Waals surface area (Å²) in [6, 6.07) is 3.14. The average Bonchev–Trinajstić information content (AvgIpc) is 2.32. The third kappa shape index (κ3) is 3.82. The Balaban J connectivity index is 3.31. The van der Waals surface area contributed by atoms with Gasteiger partial charge in [0.15, 0.2) is 0 Å². The second kappa shape index (κ2) is 6.23. The number of anilines is 2. The number of sulfonamides is 1. The molecule has 0 bridgehead atoms. The van der Waals surface area contributed by atoms with Gasteiger partial charge in [0, 0.05) is 31.6 Å². The van der Waals surface area contributed by atoms with Crippen LogP contribution in [0.2, 0.25) is 0 Å². The highest BCUT2D eigenvalue weighted by molar-refractivity contribution is 7.89. The number of nitrogens with zero attached hydrogens (tertiary/aromatic N) is 1. The Morgan fingerprint density at radius 3 is 2.47 bits per heavy atom. The molecule has 108 valence electrons. The molecule has 1 rings (SSSR count). The minimum Gasteiger partial charge on any atom is -0.399 e. The van der Waals surface area contributed by atoms with Crippen molar-refractivity contribution in [3.8, 4) is 0 Å². The molecule has 0 saturated carbocycles. The largest absolute Gasteiger partial charge is 0.399 e. The van der Waals surface area contributed by atoms with Gasteiger partial charge in [0.05, 0.1) is 11.5 Å². The Morgan fingerprint density at radius 1 is 1.37 bits per heavy atom. The van der Waals surface area contributed by atoms with Crippen LogP contribution in [0.1, 0.15) is 12.5 Å². The van der Waals surface area contributed by atoms with E-state index in [0.717, 1.165) is 12.2 Å². The van der Waals surface area contributed by atoms with Gasteiger partial charge in [-0.3, -0.25) is 0 Å². The zero-order chi connectivity index (χ0) is 14.6. The first-order valence-electron chi connectivity index (χ1n) is 5.98. The third-order valence-corrected chi connectivity index (χ3v) is 3.99. The van der Waals surface area contributed by atoms with E-state index in [1.165, 1.54) is 6.07 Å². The van der Waals surface area contributed by atoms with E-state index >= 15 is 0 Å². The van der Waals surface area contributed by atoms with Crippen LogP contribution in [0.4, 0.5) is 11.4 Å². The van der Waals surface area contributed by atoms with E-state index in [-0.39, 0.29) is 4.90 Å². The first-order valence-corrected chi connectivity index (χ1v) is 7.52. The summed E-state index contributed by atoms with van der Waals surface area (Å²) in [7, 11) is -2.16. The van der Waals surface area contributed by atoms with Crippen LogP contribution in [0.5, 0.6) is 0 Å². The van der Waals surface area contributed by atoms with E-state index in [1.54, 1.807) is 20.1 Å². The highest BCUT2D eigenvalue weighted by atomic mass is 32.2. The number of nitrogen functional groups attached to an aromatic ring is 1. The molecule has 0 aliphatic rings. The van der Waals surface area contributed by atoms with Gasteiger partial charge >= 0.3 is 0 Å². The van der Waals surface area contributed by atoms with Crippen LogP contribution in [0.25, 0.3) is 0 Å². The van der Waals surface area contributed by atoms with Gasteiger partial charge in [-0.15, -0.1) is 0 Å². The molecule has 19 heavy (non-hydrogen) atoms. The fraction of sp³-hybridized carbons (Fsp3) is 0.500. The molecule has 4 N–H and O–H groups in total. The molecular formula is C12H21N3O3S. The normalized spacial score (nSPS) is 11.6. The molecule has 0 aromatic heterocycles. The number of primary sulfonamides is 1. The van der Waals surface area contributed by atoms with Crippen LogP contribution in [0.15, 0.2) is 17.0 Å². The number of hydrogen-bond donors (Lipinski definition) is 2. The van der Waals surface area contributed by atoms with Gasteiger partial charge in [-0.2, -0.15) is 0 Å². The average molecular weight is 287 g/mol. The van der Waals surface area contributed by atoms with Crippen molar-refractivity contribution in [2.45, 2.75) is 18.7 Å². The minimum atomic E-state index is -3.78. The number of methoxy groups -OCH3 is 1. The lowest BCUT2D eigenvalue weighted by Gasteiger charge is -2.26. The van der Waals surface area contributed by atoms with Crippen molar-refractivity contribution in [2.24, 2.45) is 5.14 Å². The number of ether oxygens (including phenoxy) is 1. The standard InChI is InChI=1S/C12H21N3O3S/c1-4-15(5-6-18-3)11-7-10(13)8-12(9(11)2)19(14,16)17/h7-8H,4-6,13H2,1-3H3,(H2,14,16,17). The van der Waals surface area contributed by atoms with E-state index < -0.39 is 10.0 Å². The van der Waals surface area contributed by atoms with E-state index in [0.29, 0.717) is 24.4 Å². The van der Waals surface area contributed by atoms with Crippen LogP contribution in [-0.2, 0) is 14.8 Å². The molecule has 1 aromatic carbocycles. The zero-order valence-electron chi connectivity index (χ0n) is 11.5. The maximum absolute atomic E-state index is 11.6. The Bertz CT molecular complexity index is 543. The second-order valence-electron chi connectivity index (χ2n) is 4.28. The molecule has 0 fully saturated rings. The topological polar surface area (TPSA) is 98.7 Å². The monoisotopic (exact) mass is 287 g/mol. The fourth-order valence-corrected chi connectivity index (χ4v) is 2.80. The Kier molecular flexibility index (Phi) is 5.16. The summed E-state index contributed by atoms with van der Waals surface area (Å²) in [6.45, 7) is 5.63. The zero-order valence-corrected chi connectivity index (χ0v) is 12.3. The van der Waals surface area contributed by atoms with Crippen molar-refractivity contribution >= 4 is 21.4 Å². The molecule has 0 heterocycles. The van der Waals surface area contributed by atoms with E-state index in [4.69, 9.17) is 15.6 Å². The highest BCUT2D eigenvalue weighted by Gasteiger charge is 2.18. The van der Waals surface area contributed by atoms with E-state index in [9.17, 15) is 8.42 Å². The van der Waals surface area contributed by atoms with E-state index in [2.05, 4.69) is 0 Å². The van der Waals surface area contributed by atoms with Crippen molar-refractivity contribution in [1.29, 1.82) is 0 Å². The number of likely N-dealkylation sites (N-methyl/N-ethyl adjacent to an activating group) is 1. The highest BCUT2D eigenvalue weighted by Crippen LogP contribution is 2.28. The van der Waals surface area contributed by atoms with Gasteiger partial charge < -0.3 is 15.4 Å². The van der Waals surface area contributed by atoms with E-state index in [1.807, 2.05) is 11.8 Å².